The molecule has 2 rings (SSSR count). The summed E-state index contributed by atoms with van der Waals surface area (Å²) in [6.45, 7) is 11.1. The van der Waals surface area contributed by atoms with Crippen molar-refractivity contribution in [3.05, 3.63) is 12.3 Å². The van der Waals surface area contributed by atoms with E-state index >= 15 is 0 Å². The predicted octanol–water partition coefficient (Wildman–Crippen LogP) is 3.34. The van der Waals surface area contributed by atoms with Crippen molar-refractivity contribution in [3.8, 4) is 0 Å². The molecule has 1 aliphatic rings. The van der Waals surface area contributed by atoms with Crippen LogP contribution < -0.4 is 9.80 Å². The number of piperidine rings is 1. The van der Waals surface area contributed by atoms with Crippen LogP contribution >= 0.6 is 0 Å². The van der Waals surface area contributed by atoms with Gasteiger partial charge in [0, 0.05) is 32.4 Å². The van der Waals surface area contributed by atoms with Gasteiger partial charge in [0.15, 0.2) is 0 Å². The molecular weight excluding hydrogens is 248 g/mol. The van der Waals surface area contributed by atoms with E-state index in [1.54, 1.807) is 0 Å². The Kier molecular flexibility index (Phi) is 5.62. The van der Waals surface area contributed by atoms with Gasteiger partial charge in [0.2, 0.25) is 5.95 Å². The van der Waals surface area contributed by atoms with Crippen LogP contribution in [0.15, 0.2) is 12.3 Å². The van der Waals surface area contributed by atoms with Gasteiger partial charge in [-0.15, -0.1) is 0 Å². The number of hydrogen-bond donors (Lipinski definition) is 0. The summed E-state index contributed by atoms with van der Waals surface area (Å²) < 4.78 is 0. The van der Waals surface area contributed by atoms with Crippen LogP contribution in [0.2, 0.25) is 0 Å². The highest BCUT2D eigenvalue weighted by Gasteiger charge is 2.18. The highest BCUT2D eigenvalue weighted by molar-refractivity contribution is 5.44. The zero-order valence-electron chi connectivity index (χ0n) is 13.2. The summed E-state index contributed by atoms with van der Waals surface area (Å²) in [5.74, 6) is 2.76. The number of aromatic nitrogens is 2. The highest BCUT2D eigenvalue weighted by Crippen LogP contribution is 2.22. The minimum absolute atomic E-state index is 0.768. The monoisotopic (exact) mass is 276 g/mol. The maximum absolute atomic E-state index is 4.81. The van der Waals surface area contributed by atoms with Gasteiger partial charge in [-0.3, -0.25) is 0 Å². The lowest BCUT2D eigenvalue weighted by Gasteiger charge is -2.32. The molecule has 2 heterocycles. The van der Waals surface area contributed by atoms with E-state index in [0.29, 0.717) is 0 Å². The Morgan fingerprint density at radius 3 is 2.70 bits per heavy atom. The lowest BCUT2D eigenvalue weighted by molar-refractivity contribution is 0.444. The number of anilines is 2. The Bertz CT molecular complexity index is 381. The van der Waals surface area contributed by atoms with Crippen molar-refractivity contribution in [1.82, 2.24) is 9.97 Å². The highest BCUT2D eigenvalue weighted by atomic mass is 15.3. The average molecular weight is 276 g/mol. The van der Waals surface area contributed by atoms with Crippen LogP contribution in [0.5, 0.6) is 0 Å². The third-order valence-corrected chi connectivity index (χ3v) is 3.88. The first-order chi connectivity index (χ1) is 9.74. The van der Waals surface area contributed by atoms with Crippen molar-refractivity contribution in [1.29, 1.82) is 0 Å². The van der Waals surface area contributed by atoms with Gasteiger partial charge in [0.1, 0.15) is 5.82 Å². The summed E-state index contributed by atoms with van der Waals surface area (Å²) >= 11 is 0. The van der Waals surface area contributed by atoms with Crippen molar-refractivity contribution in [2.75, 3.05) is 36.0 Å². The first-order valence-electron chi connectivity index (χ1n) is 8.07. The molecule has 0 saturated carbocycles. The summed E-state index contributed by atoms with van der Waals surface area (Å²) in [6, 6.07) is 2.05. The van der Waals surface area contributed by atoms with E-state index in [4.69, 9.17) is 4.98 Å². The van der Waals surface area contributed by atoms with E-state index < -0.39 is 0 Å². The fourth-order valence-electron chi connectivity index (χ4n) is 2.92. The second-order valence-corrected chi connectivity index (χ2v) is 5.90. The van der Waals surface area contributed by atoms with E-state index in [1.165, 1.54) is 12.8 Å². The predicted molar refractivity (Wildman–Crippen MR) is 85.4 cm³/mol. The van der Waals surface area contributed by atoms with Crippen molar-refractivity contribution in [3.63, 3.8) is 0 Å². The van der Waals surface area contributed by atoms with Crippen molar-refractivity contribution in [2.24, 2.45) is 5.92 Å². The van der Waals surface area contributed by atoms with E-state index in [9.17, 15) is 0 Å². The van der Waals surface area contributed by atoms with Crippen molar-refractivity contribution >= 4 is 11.8 Å². The summed E-state index contributed by atoms with van der Waals surface area (Å²) in [6.07, 6.45) is 6.79. The minimum Gasteiger partial charge on any atom is -0.356 e. The standard InChI is InChI=1S/C16H28N4/c1-4-10-19(11-5-2)16-17-9-8-15(18-16)20-12-6-7-14(3)13-20/h8-9,14H,4-7,10-13H2,1-3H3. The molecule has 0 N–H and O–H groups in total. The van der Waals surface area contributed by atoms with E-state index in [2.05, 4.69) is 41.6 Å². The van der Waals surface area contributed by atoms with Gasteiger partial charge < -0.3 is 9.80 Å². The molecule has 1 aliphatic heterocycles. The zero-order valence-corrected chi connectivity index (χ0v) is 13.2. The Hall–Kier alpha value is -1.32. The topological polar surface area (TPSA) is 32.3 Å². The molecule has 0 spiro atoms. The number of nitrogens with zero attached hydrogens (tertiary/aromatic N) is 4. The van der Waals surface area contributed by atoms with Gasteiger partial charge in [-0.2, -0.15) is 4.98 Å². The fourth-order valence-corrected chi connectivity index (χ4v) is 2.92. The van der Waals surface area contributed by atoms with Crippen molar-refractivity contribution in [2.45, 2.75) is 46.5 Å². The molecule has 0 aliphatic carbocycles. The maximum Gasteiger partial charge on any atom is 0.227 e. The second kappa shape index (κ2) is 7.46. The molecule has 20 heavy (non-hydrogen) atoms. The van der Waals surface area contributed by atoms with Crippen LogP contribution in [0.1, 0.15) is 46.5 Å². The van der Waals surface area contributed by atoms with Crippen LogP contribution in [0, 0.1) is 5.92 Å². The van der Waals surface area contributed by atoms with E-state index in [1.807, 2.05) is 6.20 Å². The molecule has 112 valence electrons. The third-order valence-electron chi connectivity index (χ3n) is 3.88. The third kappa shape index (κ3) is 3.84. The lowest BCUT2D eigenvalue weighted by atomic mass is 10.0. The normalized spacial score (nSPS) is 19.1. The molecule has 0 amide bonds. The largest absolute Gasteiger partial charge is 0.356 e. The number of hydrogen-bond acceptors (Lipinski definition) is 4. The average Bonchev–Trinajstić information content (AvgIpc) is 2.47. The van der Waals surface area contributed by atoms with Crippen LogP contribution in [0.4, 0.5) is 11.8 Å². The Balaban J connectivity index is 2.13. The van der Waals surface area contributed by atoms with E-state index in [0.717, 1.165) is 56.7 Å². The quantitative estimate of drug-likeness (QED) is 0.797. The fraction of sp³-hybridized carbons (Fsp3) is 0.750. The zero-order chi connectivity index (χ0) is 14.4. The first kappa shape index (κ1) is 15.1. The van der Waals surface area contributed by atoms with Crippen LogP contribution in [-0.4, -0.2) is 36.1 Å². The van der Waals surface area contributed by atoms with Gasteiger partial charge in [-0.05, 0) is 37.7 Å². The molecule has 4 nitrogen and oxygen atoms in total. The van der Waals surface area contributed by atoms with Gasteiger partial charge in [0.05, 0.1) is 0 Å². The molecule has 1 unspecified atom stereocenters. The number of rotatable bonds is 6. The maximum atomic E-state index is 4.81. The molecule has 1 saturated heterocycles. The second-order valence-electron chi connectivity index (χ2n) is 5.90. The Morgan fingerprint density at radius 2 is 2.05 bits per heavy atom. The van der Waals surface area contributed by atoms with Crippen LogP contribution in [0.25, 0.3) is 0 Å². The summed E-state index contributed by atoms with van der Waals surface area (Å²) in [5.41, 5.74) is 0. The summed E-state index contributed by atoms with van der Waals surface area (Å²) in [5, 5.41) is 0. The summed E-state index contributed by atoms with van der Waals surface area (Å²) in [4.78, 5) is 14.0. The molecule has 1 aromatic rings. The molecule has 0 radical (unpaired) electrons. The van der Waals surface area contributed by atoms with Crippen LogP contribution in [0.3, 0.4) is 0 Å². The SMILES string of the molecule is CCCN(CCC)c1nccc(N2CCCC(C)C2)n1. The molecule has 1 aromatic heterocycles. The van der Waals surface area contributed by atoms with Gasteiger partial charge in [0.25, 0.3) is 0 Å². The minimum atomic E-state index is 0.768. The molecule has 4 heteroatoms. The van der Waals surface area contributed by atoms with Gasteiger partial charge in [-0.25, -0.2) is 4.98 Å². The molecular formula is C16H28N4. The van der Waals surface area contributed by atoms with Crippen LogP contribution in [-0.2, 0) is 0 Å². The Morgan fingerprint density at radius 1 is 1.30 bits per heavy atom. The van der Waals surface area contributed by atoms with Crippen molar-refractivity contribution < 1.29 is 0 Å². The van der Waals surface area contributed by atoms with Gasteiger partial charge >= 0.3 is 0 Å². The molecule has 1 fully saturated rings. The van der Waals surface area contributed by atoms with Gasteiger partial charge in [-0.1, -0.05) is 20.8 Å². The smallest absolute Gasteiger partial charge is 0.227 e. The molecule has 1 atom stereocenters. The first-order valence-corrected chi connectivity index (χ1v) is 8.07. The molecule has 0 bridgehead atoms. The summed E-state index contributed by atoms with van der Waals surface area (Å²) in [7, 11) is 0. The molecule has 0 aromatic carbocycles. The lowest BCUT2D eigenvalue weighted by Crippen LogP contribution is -2.35. The Labute approximate surface area is 123 Å². The van der Waals surface area contributed by atoms with E-state index in [-0.39, 0.29) is 0 Å².